The molecule has 1 fully saturated rings. The van der Waals surface area contributed by atoms with Crippen molar-refractivity contribution in [2.24, 2.45) is 5.41 Å². The van der Waals surface area contributed by atoms with Crippen LogP contribution >= 0.6 is 0 Å². The number of nitrogens with one attached hydrogen (secondary N) is 2. The van der Waals surface area contributed by atoms with Crippen LogP contribution in [0, 0.1) is 12.3 Å². The number of likely N-dealkylation sites (tertiary alicyclic amines) is 1. The van der Waals surface area contributed by atoms with Gasteiger partial charge in [0.25, 0.3) is 5.91 Å². The van der Waals surface area contributed by atoms with Gasteiger partial charge in [0, 0.05) is 61.1 Å². The fourth-order valence-corrected chi connectivity index (χ4v) is 5.12. The van der Waals surface area contributed by atoms with Crippen molar-refractivity contribution in [2.75, 3.05) is 23.7 Å². The predicted octanol–water partition coefficient (Wildman–Crippen LogP) is 7.09. The van der Waals surface area contributed by atoms with Gasteiger partial charge in [0.05, 0.1) is 11.1 Å². The molecule has 47 heavy (non-hydrogen) atoms. The quantitative estimate of drug-likeness (QED) is 0.153. The topological polar surface area (TPSA) is 136 Å². The number of anilines is 3. The summed E-state index contributed by atoms with van der Waals surface area (Å²) in [6.07, 6.45) is 5.21. The Morgan fingerprint density at radius 3 is 2.38 bits per heavy atom. The van der Waals surface area contributed by atoms with Crippen molar-refractivity contribution < 1.29 is 23.9 Å². The lowest BCUT2D eigenvalue weighted by Crippen LogP contribution is -2.40. The van der Waals surface area contributed by atoms with Gasteiger partial charge in [-0.1, -0.05) is 18.2 Å². The van der Waals surface area contributed by atoms with E-state index in [4.69, 9.17) is 9.47 Å². The molecule has 0 radical (unpaired) electrons. The fraction of sp³-hybridized carbons (Fsp3) is 0.333. The number of carbonyl (C=O) groups is 3. The Bertz CT molecular complexity index is 1710. The average molecular weight is 637 g/mol. The number of aromatic nitrogens is 3. The molecular weight excluding hydrogens is 596 g/mol. The second-order valence-electron chi connectivity index (χ2n) is 12.6. The number of ether oxygens (including phenoxy) is 2. The summed E-state index contributed by atoms with van der Waals surface area (Å²) in [4.78, 5) is 52.6. The number of rotatable bonds is 8. The maximum Gasteiger partial charge on any atom is 0.412 e. The minimum absolute atomic E-state index is 0.222. The van der Waals surface area contributed by atoms with Gasteiger partial charge in [-0.2, -0.15) is 0 Å². The molecular formula is C36H40N6O5. The predicted molar refractivity (Wildman–Crippen MR) is 179 cm³/mol. The van der Waals surface area contributed by atoms with E-state index in [1.807, 2.05) is 67.6 Å². The minimum atomic E-state index is -0.961. The van der Waals surface area contributed by atoms with Crippen LogP contribution in [0.2, 0.25) is 0 Å². The van der Waals surface area contributed by atoms with Crippen LogP contribution in [0.3, 0.4) is 0 Å². The normalized spacial score (nSPS) is 14.2. The highest BCUT2D eigenvalue weighted by molar-refractivity contribution is 6.04. The molecule has 2 amide bonds. The molecule has 2 aromatic heterocycles. The van der Waals surface area contributed by atoms with Crippen molar-refractivity contribution in [1.82, 2.24) is 19.9 Å². The first-order valence-electron chi connectivity index (χ1n) is 15.7. The Morgan fingerprint density at radius 2 is 1.70 bits per heavy atom. The number of hydrogen-bond donors (Lipinski definition) is 2. The molecule has 4 aromatic rings. The van der Waals surface area contributed by atoms with Crippen molar-refractivity contribution in [3.05, 3.63) is 95.9 Å². The molecule has 1 aliphatic rings. The smallest absolute Gasteiger partial charge is 0.412 e. The lowest BCUT2D eigenvalue weighted by atomic mass is 9.89. The molecule has 0 spiro atoms. The number of piperidine rings is 1. The zero-order valence-corrected chi connectivity index (χ0v) is 27.3. The largest absolute Gasteiger partial charge is 0.425 e. The number of aryl methyl sites for hydroxylation is 1. The lowest BCUT2D eigenvalue weighted by molar-refractivity contribution is -0.175. The molecule has 244 valence electrons. The van der Waals surface area contributed by atoms with Crippen molar-refractivity contribution in [1.29, 1.82) is 0 Å². The molecule has 11 nitrogen and oxygen atoms in total. The van der Waals surface area contributed by atoms with Crippen molar-refractivity contribution in [3.8, 4) is 11.3 Å². The first-order chi connectivity index (χ1) is 22.5. The summed E-state index contributed by atoms with van der Waals surface area (Å²) in [7, 11) is 0. The zero-order chi connectivity index (χ0) is 33.6. The molecule has 3 heterocycles. The molecule has 1 atom stereocenters. The summed E-state index contributed by atoms with van der Waals surface area (Å²) >= 11 is 0. The highest BCUT2D eigenvalue weighted by atomic mass is 16.7. The fourth-order valence-electron chi connectivity index (χ4n) is 5.12. The third-order valence-electron chi connectivity index (χ3n) is 7.90. The van der Waals surface area contributed by atoms with Crippen molar-refractivity contribution in [3.63, 3.8) is 0 Å². The van der Waals surface area contributed by atoms with Gasteiger partial charge in [0.2, 0.25) is 12.2 Å². The molecule has 1 unspecified atom stereocenters. The Kier molecular flexibility index (Phi) is 10.1. The van der Waals surface area contributed by atoms with E-state index in [1.165, 1.54) is 0 Å². The van der Waals surface area contributed by atoms with Gasteiger partial charge < -0.3 is 25.0 Å². The molecule has 11 heteroatoms. The molecule has 1 aliphatic heterocycles. The van der Waals surface area contributed by atoms with Crippen LogP contribution in [0.25, 0.3) is 11.3 Å². The Labute approximate surface area is 274 Å². The second kappa shape index (κ2) is 14.4. The highest BCUT2D eigenvalue weighted by Gasteiger charge is 2.29. The standard InChI is InChI=1S/C36H40N6O5/c1-23-8-13-29(21-31(23)41-34-38-18-14-30(40-34)28-7-6-17-37-22-28)39-32(43)27-11-9-25(10-12-27)26-15-19-42(20-16-26)35(45)47-24(2)46-33(44)36(3,4)5/h6-14,17-18,21-22,24,26H,15-16,19-20H2,1-5H3,(H,39,43)(H,38,40,41). The van der Waals surface area contributed by atoms with E-state index in [9.17, 15) is 14.4 Å². The van der Waals surface area contributed by atoms with Crippen LogP contribution in [-0.2, 0) is 14.3 Å². The third kappa shape index (κ3) is 8.69. The molecule has 0 saturated carbocycles. The Hall–Kier alpha value is -5.32. The summed E-state index contributed by atoms with van der Waals surface area (Å²) in [5.74, 6) is 0.0350. The molecule has 2 aromatic carbocycles. The van der Waals surface area contributed by atoms with E-state index in [0.717, 1.165) is 40.9 Å². The maximum atomic E-state index is 13.1. The van der Waals surface area contributed by atoms with Crippen LogP contribution in [0.1, 0.15) is 67.9 Å². The van der Waals surface area contributed by atoms with Crippen LogP contribution in [0.5, 0.6) is 0 Å². The second-order valence-corrected chi connectivity index (χ2v) is 12.6. The minimum Gasteiger partial charge on any atom is -0.425 e. The summed E-state index contributed by atoms with van der Waals surface area (Å²) in [6, 6.07) is 18.8. The lowest BCUT2D eigenvalue weighted by Gasteiger charge is -2.32. The van der Waals surface area contributed by atoms with Gasteiger partial charge in [-0.15, -0.1) is 0 Å². The van der Waals surface area contributed by atoms with E-state index < -0.39 is 23.8 Å². The van der Waals surface area contributed by atoms with E-state index in [2.05, 4.69) is 25.6 Å². The highest BCUT2D eigenvalue weighted by Crippen LogP contribution is 2.29. The van der Waals surface area contributed by atoms with Crippen molar-refractivity contribution >= 4 is 35.3 Å². The van der Waals surface area contributed by atoms with Gasteiger partial charge in [-0.25, -0.2) is 14.8 Å². The van der Waals surface area contributed by atoms with Crippen LogP contribution < -0.4 is 10.6 Å². The van der Waals surface area contributed by atoms with E-state index >= 15 is 0 Å². The van der Waals surface area contributed by atoms with Crippen LogP contribution in [0.4, 0.5) is 22.1 Å². The van der Waals surface area contributed by atoms with Crippen LogP contribution in [0.15, 0.2) is 79.3 Å². The number of pyridine rings is 1. The van der Waals surface area contributed by atoms with E-state index in [-0.39, 0.29) is 11.8 Å². The van der Waals surface area contributed by atoms with Gasteiger partial charge in [-0.3, -0.25) is 14.6 Å². The van der Waals surface area contributed by atoms with Gasteiger partial charge in [0.1, 0.15) is 0 Å². The molecule has 0 aliphatic carbocycles. The molecule has 0 bridgehead atoms. The summed E-state index contributed by atoms with van der Waals surface area (Å²) in [6.45, 7) is 9.79. The summed E-state index contributed by atoms with van der Waals surface area (Å²) < 4.78 is 10.6. The van der Waals surface area contributed by atoms with Gasteiger partial charge in [-0.05, 0) is 100 Å². The summed E-state index contributed by atoms with van der Waals surface area (Å²) in [5, 5.41) is 6.25. The molecule has 5 rings (SSSR count). The first-order valence-corrected chi connectivity index (χ1v) is 15.7. The SMILES string of the molecule is Cc1ccc(NC(=O)c2ccc(C3CCN(C(=O)OC(C)OC(=O)C(C)(C)C)CC3)cc2)cc1Nc1nccc(-c2cccnc2)n1. The maximum absolute atomic E-state index is 13.1. The Morgan fingerprint density at radius 1 is 0.957 bits per heavy atom. The average Bonchev–Trinajstić information content (AvgIpc) is 3.06. The van der Waals surface area contributed by atoms with E-state index in [1.54, 1.807) is 51.2 Å². The number of benzene rings is 2. The number of nitrogens with zero attached hydrogens (tertiary/aromatic N) is 4. The number of carbonyl (C=O) groups excluding carboxylic acids is 3. The third-order valence-corrected chi connectivity index (χ3v) is 7.90. The number of esters is 1. The zero-order valence-electron chi connectivity index (χ0n) is 27.3. The van der Waals surface area contributed by atoms with E-state index in [0.29, 0.717) is 30.3 Å². The van der Waals surface area contributed by atoms with Gasteiger partial charge in [0.15, 0.2) is 0 Å². The van der Waals surface area contributed by atoms with Gasteiger partial charge >= 0.3 is 12.1 Å². The Balaban J connectivity index is 1.14. The number of amides is 2. The molecule has 1 saturated heterocycles. The first kappa shape index (κ1) is 33.1. The summed E-state index contributed by atoms with van der Waals surface area (Å²) in [5.41, 5.74) is 4.99. The van der Waals surface area contributed by atoms with Crippen LogP contribution in [-0.4, -0.2) is 57.2 Å². The number of hydrogen-bond acceptors (Lipinski definition) is 9. The molecule has 2 N–H and O–H groups in total. The monoisotopic (exact) mass is 636 g/mol. The van der Waals surface area contributed by atoms with Crippen molar-refractivity contribution in [2.45, 2.75) is 59.7 Å².